The van der Waals surface area contributed by atoms with Gasteiger partial charge in [-0.25, -0.2) is 4.98 Å². The van der Waals surface area contributed by atoms with E-state index in [4.69, 9.17) is 14.2 Å². The van der Waals surface area contributed by atoms with E-state index in [2.05, 4.69) is 16.4 Å². The molecule has 0 bridgehead atoms. The quantitative estimate of drug-likeness (QED) is 0.601. The summed E-state index contributed by atoms with van der Waals surface area (Å²) in [4.78, 5) is 4.56. The van der Waals surface area contributed by atoms with Crippen LogP contribution in [0.5, 0.6) is 11.5 Å². The van der Waals surface area contributed by atoms with Crippen LogP contribution in [0.3, 0.4) is 0 Å². The average molecular weight is 370 g/mol. The highest BCUT2D eigenvalue weighted by Crippen LogP contribution is 2.19. The molecule has 1 N–H and O–H groups in total. The molecule has 0 radical (unpaired) electrons. The molecule has 0 aliphatic heterocycles. The van der Waals surface area contributed by atoms with Crippen LogP contribution >= 0.6 is 11.3 Å². The molecule has 1 aromatic heterocycles. The molecule has 0 saturated carbocycles. The molecule has 0 fully saturated rings. The van der Waals surface area contributed by atoms with Crippen molar-refractivity contribution in [1.82, 2.24) is 4.98 Å². The van der Waals surface area contributed by atoms with Gasteiger partial charge in [-0.2, -0.15) is 0 Å². The molecule has 0 unspecified atom stereocenters. The second kappa shape index (κ2) is 9.22. The molecule has 5 nitrogen and oxygen atoms in total. The van der Waals surface area contributed by atoms with Crippen molar-refractivity contribution >= 4 is 16.5 Å². The summed E-state index contributed by atoms with van der Waals surface area (Å²) in [6.45, 7) is 1.71. The Hall–Kier alpha value is -2.57. The number of nitrogens with zero attached hydrogens (tertiary/aromatic N) is 1. The first-order valence-electron chi connectivity index (χ1n) is 8.28. The van der Waals surface area contributed by atoms with E-state index in [1.807, 2.05) is 47.8 Å². The van der Waals surface area contributed by atoms with Crippen LogP contribution in [-0.2, 0) is 24.5 Å². The minimum absolute atomic E-state index is 0.481. The summed E-state index contributed by atoms with van der Waals surface area (Å²) in [6, 6.07) is 15.9. The van der Waals surface area contributed by atoms with Crippen molar-refractivity contribution in [2.24, 2.45) is 0 Å². The Bertz CT molecular complexity index is 835. The van der Waals surface area contributed by atoms with Gasteiger partial charge in [-0.15, -0.1) is 11.3 Å². The predicted molar refractivity (Wildman–Crippen MR) is 104 cm³/mol. The van der Waals surface area contributed by atoms with Gasteiger partial charge < -0.3 is 19.5 Å². The number of hydrogen-bond donors (Lipinski definition) is 1. The van der Waals surface area contributed by atoms with Crippen molar-refractivity contribution in [2.75, 3.05) is 19.5 Å². The number of rotatable bonds is 9. The highest BCUT2D eigenvalue weighted by Gasteiger charge is 2.04. The van der Waals surface area contributed by atoms with E-state index in [9.17, 15) is 0 Å². The average Bonchev–Trinajstić information content (AvgIpc) is 3.14. The maximum Gasteiger partial charge on any atom is 0.183 e. The molecule has 0 saturated heterocycles. The standard InChI is InChI=1S/C20H22N2O3S/c1-23-18-7-3-5-15(9-18)11-21-20-22-17(14-26-20)13-25-12-16-6-4-8-19(10-16)24-2/h3-10,14H,11-13H2,1-2H3,(H,21,22). The third kappa shape index (κ3) is 5.21. The van der Waals surface area contributed by atoms with Crippen molar-refractivity contribution in [1.29, 1.82) is 0 Å². The van der Waals surface area contributed by atoms with Crippen LogP contribution in [0.1, 0.15) is 16.8 Å². The second-order valence-corrected chi connectivity index (χ2v) is 6.55. The number of anilines is 1. The summed E-state index contributed by atoms with van der Waals surface area (Å²) >= 11 is 1.58. The fraction of sp³-hybridized carbons (Fsp3) is 0.250. The number of ether oxygens (including phenoxy) is 3. The topological polar surface area (TPSA) is 52.6 Å². The molecule has 0 aliphatic carbocycles. The number of benzene rings is 2. The first-order valence-corrected chi connectivity index (χ1v) is 9.16. The maximum atomic E-state index is 5.76. The Morgan fingerprint density at radius 3 is 2.35 bits per heavy atom. The van der Waals surface area contributed by atoms with Crippen LogP contribution in [0, 0.1) is 0 Å². The number of methoxy groups -OCH3 is 2. The summed E-state index contributed by atoms with van der Waals surface area (Å²) < 4.78 is 16.2. The van der Waals surface area contributed by atoms with Gasteiger partial charge in [0, 0.05) is 11.9 Å². The molecule has 3 aromatic rings. The van der Waals surface area contributed by atoms with Crippen LogP contribution in [0.25, 0.3) is 0 Å². The van der Waals surface area contributed by atoms with Crippen molar-refractivity contribution in [3.05, 3.63) is 70.7 Å². The molecule has 2 aromatic carbocycles. The summed E-state index contributed by atoms with van der Waals surface area (Å²) in [6.07, 6.45) is 0. The SMILES string of the molecule is COc1cccc(CNc2nc(COCc3cccc(OC)c3)cs2)c1. The molecule has 6 heteroatoms. The molecule has 0 spiro atoms. The summed E-state index contributed by atoms with van der Waals surface area (Å²) in [5.41, 5.74) is 3.15. The lowest BCUT2D eigenvalue weighted by atomic mass is 10.2. The summed E-state index contributed by atoms with van der Waals surface area (Å²) in [7, 11) is 3.33. The zero-order chi connectivity index (χ0) is 18.2. The van der Waals surface area contributed by atoms with E-state index in [1.165, 1.54) is 0 Å². The number of nitrogens with one attached hydrogen (secondary N) is 1. The van der Waals surface area contributed by atoms with E-state index in [1.54, 1.807) is 25.6 Å². The first-order chi connectivity index (χ1) is 12.8. The van der Waals surface area contributed by atoms with Crippen molar-refractivity contribution in [2.45, 2.75) is 19.8 Å². The fourth-order valence-electron chi connectivity index (χ4n) is 2.45. The van der Waals surface area contributed by atoms with Gasteiger partial charge in [0.1, 0.15) is 11.5 Å². The maximum absolute atomic E-state index is 5.76. The molecule has 136 valence electrons. The minimum atomic E-state index is 0.481. The molecular formula is C20H22N2O3S. The van der Waals surface area contributed by atoms with Gasteiger partial charge in [-0.05, 0) is 35.4 Å². The van der Waals surface area contributed by atoms with Crippen LogP contribution in [0.15, 0.2) is 53.9 Å². The van der Waals surface area contributed by atoms with Gasteiger partial charge in [0.15, 0.2) is 5.13 Å². The van der Waals surface area contributed by atoms with E-state index in [-0.39, 0.29) is 0 Å². The van der Waals surface area contributed by atoms with E-state index in [0.717, 1.165) is 33.5 Å². The lowest BCUT2D eigenvalue weighted by Gasteiger charge is -2.06. The molecular weight excluding hydrogens is 348 g/mol. The molecule has 3 rings (SSSR count). The second-order valence-electron chi connectivity index (χ2n) is 5.69. The zero-order valence-electron chi connectivity index (χ0n) is 14.9. The first kappa shape index (κ1) is 18.2. The van der Waals surface area contributed by atoms with Crippen molar-refractivity contribution in [3.8, 4) is 11.5 Å². The summed E-state index contributed by atoms with van der Waals surface area (Å²) in [5, 5.41) is 6.23. The van der Waals surface area contributed by atoms with E-state index < -0.39 is 0 Å². The molecule has 0 amide bonds. The van der Waals surface area contributed by atoms with Gasteiger partial charge in [0.05, 0.1) is 33.1 Å². The third-order valence-corrected chi connectivity index (χ3v) is 4.63. The monoisotopic (exact) mass is 370 g/mol. The minimum Gasteiger partial charge on any atom is -0.497 e. The summed E-state index contributed by atoms with van der Waals surface area (Å²) in [5.74, 6) is 1.69. The lowest BCUT2D eigenvalue weighted by Crippen LogP contribution is -2.00. The van der Waals surface area contributed by atoms with Gasteiger partial charge >= 0.3 is 0 Å². The molecule has 26 heavy (non-hydrogen) atoms. The fourth-order valence-corrected chi connectivity index (χ4v) is 3.14. The smallest absolute Gasteiger partial charge is 0.183 e. The highest BCUT2D eigenvalue weighted by atomic mass is 32.1. The predicted octanol–water partition coefficient (Wildman–Crippen LogP) is 4.49. The van der Waals surface area contributed by atoms with Gasteiger partial charge in [0.25, 0.3) is 0 Å². The number of hydrogen-bond acceptors (Lipinski definition) is 6. The number of thiazole rings is 1. The largest absolute Gasteiger partial charge is 0.497 e. The molecule has 1 heterocycles. The lowest BCUT2D eigenvalue weighted by molar-refractivity contribution is 0.105. The Balaban J connectivity index is 1.46. The molecule has 0 atom stereocenters. The van der Waals surface area contributed by atoms with Gasteiger partial charge in [-0.1, -0.05) is 24.3 Å². The van der Waals surface area contributed by atoms with Crippen LogP contribution in [0.4, 0.5) is 5.13 Å². The Morgan fingerprint density at radius 1 is 0.923 bits per heavy atom. The van der Waals surface area contributed by atoms with Gasteiger partial charge in [-0.3, -0.25) is 0 Å². The number of aromatic nitrogens is 1. The van der Waals surface area contributed by atoms with Crippen LogP contribution in [0.2, 0.25) is 0 Å². The van der Waals surface area contributed by atoms with E-state index >= 15 is 0 Å². The zero-order valence-corrected chi connectivity index (χ0v) is 15.7. The van der Waals surface area contributed by atoms with Crippen molar-refractivity contribution < 1.29 is 14.2 Å². The van der Waals surface area contributed by atoms with Crippen LogP contribution < -0.4 is 14.8 Å². The van der Waals surface area contributed by atoms with E-state index in [0.29, 0.717) is 19.8 Å². The Labute approximate surface area is 157 Å². The Kier molecular flexibility index (Phi) is 6.46. The third-order valence-electron chi connectivity index (χ3n) is 3.78. The van der Waals surface area contributed by atoms with Crippen molar-refractivity contribution in [3.63, 3.8) is 0 Å². The van der Waals surface area contributed by atoms with Crippen LogP contribution in [-0.4, -0.2) is 19.2 Å². The highest BCUT2D eigenvalue weighted by molar-refractivity contribution is 7.13. The van der Waals surface area contributed by atoms with Gasteiger partial charge in [0.2, 0.25) is 0 Å². The normalized spacial score (nSPS) is 10.5. The Morgan fingerprint density at radius 2 is 1.62 bits per heavy atom. The molecule has 0 aliphatic rings.